The summed E-state index contributed by atoms with van der Waals surface area (Å²) in [7, 11) is 0. The Kier molecular flexibility index (Phi) is 2.87. The van der Waals surface area contributed by atoms with E-state index in [1.54, 1.807) is 35.0 Å². The first kappa shape index (κ1) is 12.8. The van der Waals surface area contributed by atoms with E-state index in [-0.39, 0.29) is 11.3 Å². The van der Waals surface area contributed by atoms with Crippen molar-refractivity contribution in [3.8, 4) is 11.3 Å². The van der Waals surface area contributed by atoms with Crippen LogP contribution in [-0.2, 0) is 0 Å². The van der Waals surface area contributed by atoms with E-state index in [1.807, 2.05) is 0 Å². The lowest BCUT2D eigenvalue weighted by molar-refractivity contribution is -0.384. The number of carboxylic acid groups (broad SMARTS) is 1. The molecule has 0 saturated heterocycles. The SMILES string of the molecule is O=C(O)c1cccn2cc(-c3cccc([N+](=O)[O-])c3)nc12. The van der Waals surface area contributed by atoms with E-state index < -0.39 is 10.9 Å². The summed E-state index contributed by atoms with van der Waals surface area (Å²) in [6, 6.07) is 9.12. The maximum Gasteiger partial charge on any atom is 0.339 e. The van der Waals surface area contributed by atoms with Gasteiger partial charge in [0.1, 0.15) is 5.56 Å². The van der Waals surface area contributed by atoms with Crippen molar-refractivity contribution >= 4 is 17.3 Å². The largest absolute Gasteiger partial charge is 0.478 e. The Labute approximate surface area is 118 Å². The summed E-state index contributed by atoms with van der Waals surface area (Å²) in [5.41, 5.74) is 1.38. The predicted octanol–water partition coefficient (Wildman–Crippen LogP) is 2.61. The molecule has 0 unspecified atom stereocenters. The van der Waals surface area contributed by atoms with Gasteiger partial charge in [0.15, 0.2) is 5.65 Å². The van der Waals surface area contributed by atoms with Crippen molar-refractivity contribution in [2.45, 2.75) is 0 Å². The number of nitro groups is 1. The maximum absolute atomic E-state index is 11.2. The van der Waals surface area contributed by atoms with Gasteiger partial charge in [-0.3, -0.25) is 10.1 Å². The molecule has 1 N–H and O–H groups in total. The zero-order valence-corrected chi connectivity index (χ0v) is 10.6. The zero-order valence-electron chi connectivity index (χ0n) is 10.6. The molecule has 0 aliphatic rings. The quantitative estimate of drug-likeness (QED) is 0.588. The van der Waals surface area contributed by atoms with Crippen LogP contribution < -0.4 is 0 Å². The first-order valence-corrected chi connectivity index (χ1v) is 6.02. The number of non-ortho nitro benzene ring substituents is 1. The first-order chi connectivity index (χ1) is 10.1. The summed E-state index contributed by atoms with van der Waals surface area (Å²) in [4.78, 5) is 25.7. The number of pyridine rings is 1. The minimum Gasteiger partial charge on any atom is -0.478 e. The summed E-state index contributed by atoms with van der Waals surface area (Å²) in [6.07, 6.45) is 3.32. The van der Waals surface area contributed by atoms with Crippen LogP contribution in [0.3, 0.4) is 0 Å². The standard InChI is InChI=1S/C14H9N3O4/c18-14(19)11-5-2-6-16-8-12(15-13(11)16)9-3-1-4-10(7-9)17(20)21/h1-8H,(H,18,19). The first-order valence-electron chi connectivity index (χ1n) is 6.02. The summed E-state index contributed by atoms with van der Waals surface area (Å²) >= 11 is 0. The number of aromatic nitrogens is 2. The van der Waals surface area contributed by atoms with Crippen LogP contribution in [0.25, 0.3) is 16.9 Å². The Morgan fingerprint density at radius 2 is 2.10 bits per heavy atom. The Morgan fingerprint density at radius 1 is 1.29 bits per heavy atom. The topological polar surface area (TPSA) is 97.7 Å². The Bertz CT molecular complexity index is 870. The van der Waals surface area contributed by atoms with Gasteiger partial charge in [0.05, 0.1) is 10.6 Å². The molecule has 2 heterocycles. The molecule has 0 fully saturated rings. The monoisotopic (exact) mass is 283 g/mol. The smallest absolute Gasteiger partial charge is 0.339 e. The molecule has 0 saturated carbocycles. The second-order valence-corrected chi connectivity index (χ2v) is 4.39. The van der Waals surface area contributed by atoms with Crippen LogP contribution in [0.2, 0.25) is 0 Å². The normalized spacial score (nSPS) is 10.7. The third-order valence-corrected chi connectivity index (χ3v) is 3.07. The third-order valence-electron chi connectivity index (χ3n) is 3.07. The molecule has 2 aromatic heterocycles. The minimum atomic E-state index is -1.07. The Hall–Kier alpha value is -3.22. The van der Waals surface area contributed by atoms with E-state index in [4.69, 9.17) is 5.11 Å². The molecule has 0 spiro atoms. The second-order valence-electron chi connectivity index (χ2n) is 4.39. The number of hydrogen-bond acceptors (Lipinski definition) is 4. The van der Waals surface area contributed by atoms with Gasteiger partial charge in [-0.15, -0.1) is 0 Å². The second kappa shape index (κ2) is 4.71. The van der Waals surface area contributed by atoms with Gasteiger partial charge in [-0.05, 0) is 12.1 Å². The molecule has 21 heavy (non-hydrogen) atoms. The van der Waals surface area contributed by atoms with Crippen molar-refractivity contribution < 1.29 is 14.8 Å². The molecule has 7 nitrogen and oxygen atoms in total. The fourth-order valence-corrected chi connectivity index (χ4v) is 2.10. The van der Waals surface area contributed by atoms with Gasteiger partial charge in [0.2, 0.25) is 0 Å². The number of rotatable bonds is 3. The number of carboxylic acids is 1. The van der Waals surface area contributed by atoms with Crippen molar-refractivity contribution in [3.05, 3.63) is 64.5 Å². The summed E-state index contributed by atoms with van der Waals surface area (Å²) in [6.45, 7) is 0. The van der Waals surface area contributed by atoms with E-state index in [0.717, 1.165) is 0 Å². The summed E-state index contributed by atoms with van der Waals surface area (Å²) in [5.74, 6) is -1.07. The lowest BCUT2D eigenvalue weighted by Crippen LogP contribution is -1.99. The number of nitro benzene ring substituents is 1. The Balaban J connectivity index is 2.18. The van der Waals surface area contributed by atoms with Crippen LogP contribution in [0.1, 0.15) is 10.4 Å². The van der Waals surface area contributed by atoms with Crippen molar-refractivity contribution in [2.75, 3.05) is 0 Å². The molecule has 0 radical (unpaired) electrons. The highest BCUT2D eigenvalue weighted by Crippen LogP contribution is 2.24. The highest BCUT2D eigenvalue weighted by atomic mass is 16.6. The lowest BCUT2D eigenvalue weighted by atomic mass is 10.1. The van der Waals surface area contributed by atoms with Gasteiger partial charge in [-0.2, -0.15) is 0 Å². The van der Waals surface area contributed by atoms with E-state index in [1.165, 1.54) is 18.2 Å². The lowest BCUT2D eigenvalue weighted by Gasteiger charge is -1.96. The molecular formula is C14H9N3O4. The average Bonchev–Trinajstić information content (AvgIpc) is 2.91. The van der Waals surface area contributed by atoms with Gasteiger partial charge in [-0.25, -0.2) is 9.78 Å². The molecule has 0 amide bonds. The number of carbonyl (C=O) groups is 1. The summed E-state index contributed by atoms with van der Waals surface area (Å²) in [5, 5.41) is 19.9. The summed E-state index contributed by atoms with van der Waals surface area (Å²) < 4.78 is 1.58. The van der Waals surface area contributed by atoms with Gasteiger partial charge in [0, 0.05) is 30.1 Å². The Morgan fingerprint density at radius 3 is 2.81 bits per heavy atom. The van der Waals surface area contributed by atoms with E-state index in [0.29, 0.717) is 16.9 Å². The number of nitrogens with zero attached hydrogens (tertiary/aromatic N) is 3. The van der Waals surface area contributed by atoms with Crippen LogP contribution >= 0.6 is 0 Å². The predicted molar refractivity (Wildman–Crippen MR) is 74.2 cm³/mol. The van der Waals surface area contributed by atoms with E-state index >= 15 is 0 Å². The third kappa shape index (κ3) is 2.20. The van der Waals surface area contributed by atoms with Crippen LogP contribution in [0.4, 0.5) is 5.69 Å². The fourth-order valence-electron chi connectivity index (χ4n) is 2.10. The van der Waals surface area contributed by atoms with Crippen LogP contribution in [0.5, 0.6) is 0 Å². The fraction of sp³-hybridized carbons (Fsp3) is 0. The van der Waals surface area contributed by atoms with Crippen LogP contribution in [-0.4, -0.2) is 25.4 Å². The molecular weight excluding hydrogens is 274 g/mol. The van der Waals surface area contributed by atoms with Gasteiger partial charge >= 0.3 is 5.97 Å². The number of imidazole rings is 1. The van der Waals surface area contributed by atoms with E-state index in [9.17, 15) is 14.9 Å². The van der Waals surface area contributed by atoms with Gasteiger partial charge in [-0.1, -0.05) is 12.1 Å². The highest BCUT2D eigenvalue weighted by Gasteiger charge is 2.14. The maximum atomic E-state index is 11.2. The highest BCUT2D eigenvalue weighted by molar-refractivity contribution is 5.94. The van der Waals surface area contributed by atoms with Crippen LogP contribution in [0, 0.1) is 10.1 Å². The minimum absolute atomic E-state index is 0.0389. The molecule has 3 aromatic rings. The number of fused-ring (bicyclic) bond motifs is 1. The zero-order chi connectivity index (χ0) is 15.0. The van der Waals surface area contributed by atoms with Crippen LogP contribution in [0.15, 0.2) is 48.8 Å². The number of benzene rings is 1. The van der Waals surface area contributed by atoms with Gasteiger partial charge in [0.25, 0.3) is 5.69 Å². The molecule has 0 aliphatic heterocycles. The number of aromatic carboxylic acids is 1. The average molecular weight is 283 g/mol. The molecule has 7 heteroatoms. The van der Waals surface area contributed by atoms with Crippen molar-refractivity contribution in [3.63, 3.8) is 0 Å². The molecule has 0 atom stereocenters. The van der Waals surface area contributed by atoms with Gasteiger partial charge < -0.3 is 9.51 Å². The molecule has 1 aromatic carbocycles. The van der Waals surface area contributed by atoms with Crippen molar-refractivity contribution in [1.82, 2.24) is 9.38 Å². The molecule has 0 aliphatic carbocycles. The molecule has 104 valence electrons. The molecule has 3 rings (SSSR count). The molecule has 0 bridgehead atoms. The van der Waals surface area contributed by atoms with Crippen molar-refractivity contribution in [1.29, 1.82) is 0 Å². The van der Waals surface area contributed by atoms with E-state index in [2.05, 4.69) is 4.98 Å². The number of hydrogen-bond donors (Lipinski definition) is 1. The van der Waals surface area contributed by atoms with Crippen molar-refractivity contribution in [2.24, 2.45) is 0 Å².